The van der Waals surface area contributed by atoms with Crippen molar-refractivity contribution in [3.05, 3.63) is 42.1 Å². The van der Waals surface area contributed by atoms with E-state index >= 15 is 0 Å². The Bertz CT molecular complexity index is 1030. The van der Waals surface area contributed by atoms with Crippen LogP contribution in [-0.2, 0) is 9.63 Å². The van der Waals surface area contributed by atoms with Gasteiger partial charge in [0.1, 0.15) is 17.2 Å². The number of hydrogen-bond acceptors (Lipinski definition) is 7. The maximum Gasteiger partial charge on any atom is 0.493 e. The molecule has 2 aromatic rings. The lowest BCUT2D eigenvalue weighted by atomic mass is 9.87. The summed E-state index contributed by atoms with van der Waals surface area (Å²) < 4.78 is 51.0. The second-order valence-electron chi connectivity index (χ2n) is 9.13. The highest BCUT2D eigenvalue weighted by atomic mass is 19.4. The number of benzene rings is 1. The predicted octanol–water partition coefficient (Wildman–Crippen LogP) is 6.17. The van der Waals surface area contributed by atoms with Crippen molar-refractivity contribution in [3.63, 3.8) is 0 Å². The quantitative estimate of drug-likeness (QED) is 0.472. The van der Waals surface area contributed by atoms with Crippen LogP contribution in [-0.4, -0.2) is 29.8 Å². The van der Waals surface area contributed by atoms with Crippen LogP contribution in [0.25, 0.3) is 0 Å². The van der Waals surface area contributed by atoms with Crippen LogP contribution in [0.1, 0.15) is 64.1 Å². The number of hydrogen-bond donors (Lipinski definition) is 1. The summed E-state index contributed by atoms with van der Waals surface area (Å²) >= 11 is 0. The Hall–Kier alpha value is -3.17. The Morgan fingerprint density at radius 2 is 1.97 bits per heavy atom. The summed E-state index contributed by atoms with van der Waals surface area (Å²) in [5.74, 6) is -0.405. The summed E-state index contributed by atoms with van der Waals surface area (Å²) in [6.07, 6.45) is 2.33. The van der Waals surface area contributed by atoms with E-state index in [2.05, 4.69) is 10.3 Å². The van der Waals surface area contributed by atoms with Crippen LogP contribution in [0.15, 0.2) is 36.5 Å². The minimum absolute atomic E-state index is 0.195. The van der Waals surface area contributed by atoms with Crippen LogP contribution in [0.2, 0.25) is 0 Å². The molecule has 1 aromatic heterocycles. The fraction of sp³-hybridized carbons (Fsp3) is 0.520. The van der Waals surface area contributed by atoms with E-state index in [1.807, 2.05) is 13.8 Å². The summed E-state index contributed by atoms with van der Waals surface area (Å²) in [4.78, 5) is 20.7. The van der Waals surface area contributed by atoms with Gasteiger partial charge in [-0.15, -0.1) is 0 Å². The van der Waals surface area contributed by atoms with E-state index in [-0.39, 0.29) is 17.6 Å². The van der Waals surface area contributed by atoms with Crippen molar-refractivity contribution in [2.75, 3.05) is 17.0 Å². The lowest BCUT2D eigenvalue weighted by Crippen LogP contribution is -2.37. The number of alkyl halides is 3. The Morgan fingerprint density at radius 3 is 2.69 bits per heavy atom. The third-order valence-corrected chi connectivity index (χ3v) is 6.10. The molecule has 35 heavy (non-hydrogen) atoms. The van der Waals surface area contributed by atoms with Crippen LogP contribution in [0.4, 0.5) is 24.7 Å². The van der Waals surface area contributed by atoms with Gasteiger partial charge in [-0.25, -0.2) is 9.78 Å². The van der Waals surface area contributed by atoms with Crippen LogP contribution >= 0.6 is 0 Å². The van der Waals surface area contributed by atoms with Crippen LogP contribution in [0.5, 0.6) is 11.5 Å². The van der Waals surface area contributed by atoms with Gasteiger partial charge in [-0.3, -0.25) is 0 Å². The summed E-state index contributed by atoms with van der Waals surface area (Å²) in [5.41, 5.74) is 0.663. The standard InChI is InChI=1S/C25H30F3N3O4/c1-16(2)34-21-11-10-18(33-14-12-17-7-4-3-5-8-17)15-19(21)23-30-22-20(9-6-13-29-22)31(23)35-24(32)25(26,27)28/h6,9-11,13,15-17,23H,3-5,7-8,12,14H2,1-2H3,(H,29,30). The van der Waals surface area contributed by atoms with E-state index in [1.165, 1.54) is 44.4 Å². The number of aromatic nitrogens is 1. The topological polar surface area (TPSA) is 72.9 Å². The molecule has 1 aliphatic heterocycles. The number of pyridine rings is 1. The molecule has 0 radical (unpaired) electrons. The molecule has 0 amide bonds. The number of halogens is 3. The van der Waals surface area contributed by atoms with Crippen molar-refractivity contribution >= 4 is 17.5 Å². The number of nitrogens with one attached hydrogen (secondary N) is 1. The molecule has 7 nitrogen and oxygen atoms in total. The summed E-state index contributed by atoms with van der Waals surface area (Å²) in [5, 5.41) is 3.92. The third kappa shape index (κ3) is 6.10. The molecule has 2 heterocycles. The minimum Gasteiger partial charge on any atom is -0.494 e. The summed E-state index contributed by atoms with van der Waals surface area (Å²) in [6.45, 7) is 4.23. The van der Waals surface area contributed by atoms with Crippen molar-refractivity contribution in [2.45, 2.75) is 70.8 Å². The summed E-state index contributed by atoms with van der Waals surface area (Å²) in [7, 11) is 0. The largest absolute Gasteiger partial charge is 0.494 e. The lowest BCUT2D eigenvalue weighted by molar-refractivity contribution is -0.201. The molecule has 1 atom stereocenters. The molecule has 0 saturated heterocycles. The molecule has 1 aromatic carbocycles. The summed E-state index contributed by atoms with van der Waals surface area (Å²) in [6, 6.07) is 8.26. The first-order chi connectivity index (χ1) is 16.7. The first kappa shape index (κ1) is 24.9. The SMILES string of the molecule is CC(C)Oc1ccc(OCCC2CCCCC2)cc1C1Nc2ncccc2N1OC(=O)C(F)(F)F. The van der Waals surface area contributed by atoms with E-state index in [4.69, 9.17) is 14.3 Å². The van der Waals surface area contributed by atoms with Gasteiger partial charge in [-0.2, -0.15) is 18.2 Å². The molecule has 1 saturated carbocycles. The van der Waals surface area contributed by atoms with Gasteiger partial charge in [0.05, 0.1) is 12.7 Å². The molecule has 190 valence electrons. The van der Waals surface area contributed by atoms with Crippen molar-refractivity contribution < 1.29 is 32.3 Å². The average Bonchev–Trinajstić information content (AvgIpc) is 3.18. The number of anilines is 2. The van der Waals surface area contributed by atoms with Gasteiger partial charge in [-0.05, 0) is 56.5 Å². The molecule has 10 heteroatoms. The molecule has 0 bridgehead atoms. The van der Waals surface area contributed by atoms with E-state index in [0.29, 0.717) is 29.6 Å². The third-order valence-electron chi connectivity index (χ3n) is 6.10. The highest BCUT2D eigenvalue weighted by Gasteiger charge is 2.46. The number of carbonyl (C=O) groups excluding carboxylic acids is 1. The van der Waals surface area contributed by atoms with Crippen molar-refractivity contribution in [3.8, 4) is 11.5 Å². The zero-order chi connectivity index (χ0) is 25.0. The maximum atomic E-state index is 13.0. The van der Waals surface area contributed by atoms with Crippen LogP contribution < -0.4 is 19.9 Å². The molecule has 0 spiro atoms. The highest BCUT2D eigenvalue weighted by Crippen LogP contribution is 2.44. The van der Waals surface area contributed by atoms with E-state index in [1.54, 1.807) is 24.3 Å². The second kappa shape index (κ2) is 10.6. The van der Waals surface area contributed by atoms with Crippen molar-refractivity contribution in [2.24, 2.45) is 5.92 Å². The zero-order valence-electron chi connectivity index (χ0n) is 19.8. The Morgan fingerprint density at radius 1 is 1.20 bits per heavy atom. The van der Waals surface area contributed by atoms with Crippen LogP contribution in [0, 0.1) is 5.92 Å². The molecule has 2 aliphatic rings. The zero-order valence-corrected chi connectivity index (χ0v) is 19.8. The smallest absolute Gasteiger partial charge is 0.493 e. The average molecular weight is 494 g/mol. The molecule has 1 aliphatic carbocycles. The first-order valence-electron chi connectivity index (χ1n) is 12.0. The maximum absolute atomic E-state index is 13.0. The Balaban J connectivity index is 1.60. The number of carbonyl (C=O) groups is 1. The minimum atomic E-state index is -5.16. The highest BCUT2D eigenvalue weighted by molar-refractivity contribution is 5.80. The van der Waals surface area contributed by atoms with Crippen LogP contribution in [0.3, 0.4) is 0 Å². The number of hydroxylamine groups is 1. The molecule has 1 fully saturated rings. The van der Waals surface area contributed by atoms with E-state index < -0.39 is 18.3 Å². The van der Waals surface area contributed by atoms with E-state index in [0.717, 1.165) is 11.5 Å². The monoisotopic (exact) mass is 493 g/mol. The Labute approximate surface area is 202 Å². The molecule has 1 unspecified atom stereocenters. The number of ether oxygens (including phenoxy) is 2. The van der Waals surface area contributed by atoms with Gasteiger partial charge < -0.3 is 19.6 Å². The first-order valence-corrected chi connectivity index (χ1v) is 12.0. The normalized spacial score (nSPS) is 18.2. The van der Waals surface area contributed by atoms with Gasteiger partial charge in [0.2, 0.25) is 0 Å². The van der Waals surface area contributed by atoms with Gasteiger partial charge in [0.25, 0.3) is 0 Å². The number of nitrogens with zero attached hydrogens (tertiary/aromatic N) is 2. The Kier molecular flexibility index (Phi) is 7.57. The lowest BCUT2D eigenvalue weighted by Gasteiger charge is -2.27. The number of rotatable bonds is 8. The van der Waals surface area contributed by atoms with Gasteiger partial charge in [0.15, 0.2) is 12.0 Å². The van der Waals surface area contributed by atoms with Gasteiger partial charge in [-0.1, -0.05) is 32.1 Å². The second-order valence-corrected chi connectivity index (χ2v) is 9.13. The molecule has 4 rings (SSSR count). The fourth-order valence-corrected chi connectivity index (χ4v) is 4.47. The van der Waals surface area contributed by atoms with Crippen molar-refractivity contribution in [1.29, 1.82) is 0 Å². The van der Waals surface area contributed by atoms with Gasteiger partial charge >= 0.3 is 12.1 Å². The van der Waals surface area contributed by atoms with E-state index in [9.17, 15) is 18.0 Å². The molecule has 1 N–H and O–H groups in total. The van der Waals surface area contributed by atoms with Gasteiger partial charge in [0, 0.05) is 11.8 Å². The molecular weight excluding hydrogens is 463 g/mol. The van der Waals surface area contributed by atoms with Crippen molar-refractivity contribution in [1.82, 2.24) is 4.98 Å². The number of fused-ring (bicyclic) bond motifs is 1. The fourth-order valence-electron chi connectivity index (χ4n) is 4.47. The predicted molar refractivity (Wildman–Crippen MR) is 124 cm³/mol. The molecular formula is C25H30F3N3O4.